The van der Waals surface area contributed by atoms with Crippen LogP contribution in [0.4, 0.5) is 0 Å². The normalized spacial score (nSPS) is 10.7. The first-order valence-electron chi connectivity index (χ1n) is 9.55. The molecule has 0 fully saturated rings. The van der Waals surface area contributed by atoms with E-state index >= 15 is 0 Å². The molecule has 0 saturated heterocycles. The third-order valence-corrected chi connectivity index (χ3v) is 4.98. The molecule has 3 aromatic rings. The van der Waals surface area contributed by atoms with Crippen molar-refractivity contribution in [1.82, 2.24) is 5.32 Å². The molecule has 0 aliphatic carbocycles. The number of rotatable bonds is 7. The third kappa shape index (κ3) is 4.80. The number of carbonyl (C=O) groups is 1. The van der Waals surface area contributed by atoms with E-state index in [9.17, 15) is 4.79 Å². The van der Waals surface area contributed by atoms with Crippen molar-refractivity contribution >= 4 is 5.91 Å². The van der Waals surface area contributed by atoms with E-state index in [1.807, 2.05) is 24.3 Å². The molecule has 1 amide bonds. The predicted octanol–water partition coefficient (Wildman–Crippen LogP) is 4.74. The Kier molecular flexibility index (Phi) is 6.27. The van der Waals surface area contributed by atoms with Gasteiger partial charge in [-0.15, -0.1) is 0 Å². The van der Waals surface area contributed by atoms with Crippen LogP contribution in [-0.2, 0) is 13.0 Å². The largest absolute Gasteiger partial charge is 0.493 e. The fraction of sp³-hybridized carbons (Fsp3) is 0.292. The van der Waals surface area contributed by atoms with Crippen molar-refractivity contribution in [3.63, 3.8) is 0 Å². The monoisotopic (exact) mass is 393 g/mol. The number of ether oxygens (including phenoxy) is 2. The number of nitrogens with one attached hydrogen (secondary N) is 1. The van der Waals surface area contributed by atoms with Crippen LogP contribution in [-0.4, -0.2) is 20.1 Å². The quantitative estimate of drug-likeness (QED) is 0.630. The van der Waals surface area contributed by atoms with Crippen LogP contribution in [0.2, 0.25) is 0 Å². The van der Waals surface area contributed by atoms with E-state index in [1.54, 1.807) is 20.3 Å². The first-order valence-corrected chi connectivity index (χ1v) is 9.55. The number of hydrogen-bond acceptors (Lipinski definition) is 4. The number of methoxy groups -OCH3 is 2. The molecule has 2 aromatic carbocycles. The van der Waals surface area contributed by atoms with Gasteiger partial charge in [-0.25, -0.2) is 0 Å². The summed E-state index contributed by atoms with van der Waals surface area (Å²) in [5.74, 6) is 2.12. The van der Waals surface area contributed by atoms with Crippen molar-refractivity contribution in [2.45, 2.75) is 33.7 Å². The summed E-state index contributed by atoms with van der Waals surface area (Å²) in [6.45, 7) is 6.67. The lowest BCUT2D eigenvalue weighted by molar-refractivity contribution is 0.0921. The second kappa shape index (κ2) is 8.86. The van der Waals surface area contributed by atoms with E-state index in [0.717, 1.165) is 11.3 Å². The molecule has 0 spiro atoms. The summed E-state index contributed by atoms with van der Waals surface area (Å²) in [6, 6.07) is 13.5. The smallest absolute Gasteiger partial charge is 0.287 e. The fourth-order valence-corrected chi connectivity index (χ4v) is 3.52. The highest BCUT2D eigenvalue weighted by molar-refractivity contribution is 5.91. The number of amides is 1. The molecule has 1 aromatic heterocycles. The van der Waals surface area contributed by atoms with E-state index in [1.165, 1.54) is 22.3 Å². The highest BCUT2D eigenvalue weighted by Crippen LogP contribution is 2.27. The Morgan fingerprint density at radius 3 is 2.28 bits per heavy atom. The average Bonchev–Trinajstić information content (AvgIpc) is 3.17. The standard InChI is InChI=1S/C24H27NO4/c1-15-10-16(2)20(17(3)11-15)13-19-7-9-22(29-19)24(26)25-14-18-6-8-21(27-4)23(12-18)28-5/h6-12H,13-14H2,1-5H3,(H,25,26). The molecule has 0 saturated carbocycles. The maximum absolute atomic E-state index is 12.5. The lowest BCUT2D eigenvalue weighted by atomic mass is 9.97. The summed E-state index contributed by atoms with van der Waals surface area (Å²) in [7, 11) is 3.18. The number of furan rings is 1. The molecule has 0 bridgehead atoms. The molecule has 1 heterocycles. The summed E-state index contributed by atoms with van der Waals surface area (Å²) < 4.78 is 16.3. The minimum Gasteiger partial charge on any atom is -0.493 e. The maximum atomic E-state index is 12.5. The van der Waals surface area contributed by atoms with E-state index < -0.39 is 0 Å². The summed E-state index contributed by atoms with van der Waals surface area (Å²) in [5.41, 5.74) is 5.87. The topological polar surface area (TPSA) is 60.7 Å². The lowest BCUT2D eigenvalue weighted by Crippen LogP contribution is -2.22. The highest BCUT2D eigenvalue weighted by atomic mass is 16.5. The van der Waals surface area contributed by atoms with Gasteiger partial charge in [-0.2, -0.15) is 0 Å². The van der Waals surface area contributed by atoms with Gasteiger partial charge in [0.15, 0.2) is 17.3 Å². The molecule has 0 unspecified atom stereocenters. The SMILES string of the molecule is COc1ccc(CNC(=O)c2ccc(Cc3c(C)cc(C)cc3C)o2)cc1OC. The van der Waals surface area contributed by atoms with Crippen LogP contribution in [0.25, 0.3) is 0 Å². The summed E-state index contributed by atoms with van der Waals surface area (Å²) >= 11 is 0. The van der Waals surface area contributed by atoms with Gasteiger partial charge in [0.2, 0.25) is 0 Å². The molecular weight excluding hydrogens is 366 g/mol. The third-order valence-electron chi connectivity index (χ3n) is 4.98. The van der Waals surface area contributed by atoms with Gasteiger partial charge in [-0.3, -0.25) is 4.79 Å². The maximum Gasteiger partial charge on any atom is 0.287 e. The van der Waals surface area contributed by atoms with Crippen LogP contribution in [0.5, 0.6) is 11.5 Å². The van der Waals surface area contributed by atoms with Crippen molar-refractivity contribution in [3.05, 3.63) is 81.8 Å². The number of hydrogen-bond donors (Lipinski definition) is 1. The van der Waals surface area contributed by atoms with Crippen LogP contribution in [0.3, 0.4) is 0 Å². The second-order valence-electron chi connectivity index (χ2n) is 7.19. The molecule has 29 heavy (non-hydrogen) atoms. The molecule has 1 N–H and O–H groups in total. The van der Waals surface area contributed by atoms with Crippen LogP contribution in [0.15, 0.2) is 46.9 Å². The molecule has 3 rings (SSSR count). The van der Waals surface area contributed by atoms with Gasteiger partial charge in [0.05, 0.1) is 14.2 Å². The van der Waals surface area contributed by atoms with Gasteiger partial charge in [-0.1, -0.05) is 23.8 Å². The van der Waals surface area contributed by atoms with Gasteiger partial charge in [-0.05, 0) is 67.3 Å². The molecule has 0 aliphatic rings. The Labute approximate surface area is 171 Å². The van der Waals surface area contributed by atoms with Crippen LogP contribution >= 0.6 is 0 Å². The zero-order valence-electron chi connectivity index (χ0n) is 17.6. The van der Waals surface area contributed by atoms with Gasteiger partial charge >= 0.3 is 0 Å². The molecule has 5 heteroatoms. The van der Waals surface area contributed by atoms with Crippen molar-refractivity contribution in [2.75, 3.05) is 14.2 Å². The van der Waals surface area contributed by atoms with Gasteiger partial charge in [0.1, 0.15) is 5.76 Å². The van der Waals surface area contributed by atoms with E-state index in [2.05, 4.69) is 38.2 Å². The zero-order valence-corrected chi connectivity index (χ0v) is 17.6. The summed E-state index contributed by atoms with van der Waals surface area (Å²) in [5, 5.41) is 2.88. The molecular formula is C24H27NO4. The minimum atomic E-state index is -0.247. The molecule has 0 radical (unpaired) electrons. The molecule has 0 atom stereocenters. The van der Waals surface area contributed by atoms with Gasteiger partial charge in [0, 0.05) is 13.0 Å². The Bertz CT molecular complexity index is 996. The summed E-state index contributed by atoms with van der Waals surface area (Å²) in [4.78, 5) is 12.5. The number of benzene rings is 2. The van der Waals surface area contributed by atoms with E-state index in [0.29, 0.717) is 30.2 Å². The molecule has 5 nitrogen and oxygen atoms in total. The zero-order chi connectivity index (χ0) is 21.0. The highest BCUT2D eigenvalue weighted by Gasteiger charge is 2.14. The first kappa shape index (κ1) is 20.5. The van der Waals surface area contributed by atoms with Crippen LogP contribution < -0.4 is 14.8 Å². The lowest BCUT2D eigenvalue weighted by Gasteiger charge is -2.10. The van der Waals surface area contributed by atoms with Crippen LogP contribution in [0.1, 0.15) is 44.1 Å². The van der Waals surface area contributed by atoms with Crippen LogP contribution in [0, 0.1) is 20.8 Å². The molecule has 152 valence electrons. The molecule has 0 aliphatic heterocycles. The van der Waals surface area contributed by atoms with Gasteiger partial charge < -0.3 is 19.2 Å². The first-order chi connectivity index (χ1) is 13.9. The predicted molar refractivity (Wildman–Crippen MR) is 113 cm³/mol. The Morgan fingerprint density at radius 1 is 0.931 bits per heavy atom. The Morgan fingerprint density at radius 2 is 1.62 bits per heavy atom. The number of aryl methyl sites for hydroxylation is 3. The van der Waals surface area contributed by atoms with Crippen molar-refractivity contribution in [2.24, 2.45) is 0 Å². The average molecular weight is 393 g/mol. The number of carbonyl (C=O) groups excluding carboxylic acids is 1. The van der Waals surface area contributed by atoms with E-state index in [-0.39, 0.29) is 5.91 Å². The second-order valence-corrected chi connectivity index (χ2v) is 7.19. The Balaban J connectivity index is 1.65. The minimum absolute atomic E-state index is 0.247. The summed E-state index contributed by atoms with van der Waals surface area (Å²) in [6.07, 6.45) is 0.668. The van der Waals surface area contributed by atoms with Crippen molar-refractivity contribution < 1.29 is 18.7 Å². The van der Waals surface area contributed by atoms with Crippen molar-refractivity contribution in [1.29, 1.82) is 0 Å². The van der Waals surface area contributed by atoms with E-state index in [4.69, 9.17) is 13.9 Å². The Hall–Kier alpha value is -3.21. The van der Waals surface area contributed by atoms with Gasteiger partial charge in [0.25, 0.3) is 5.91 Å². The van der Waals surface area contributed by atoms with Crippen molar-refractivity contribution in [3.8, 4) is 11.5 Å². The fourth-order valence-electron chi connectivity index (χ4n) is 3.52.